The first-order valence-electron chi connectivity index (χ1n) is 11.1. The average Bonchev–Trinajstić information content (AvgIpc) is 3.55. The van der Waals surface area contributed by atoms with Crippen molar-refractivity contribution < 1.29 is 18.7 Å². The van der Waals surface area contributed by atoms with Gasteiger partial charge in [0, 0.05) is 30.6 Å². The molecule has 0 bridgehead atoms. The summed E-state index contributed by atoms with van der Waals surface area (Å²) in [6.45, 7) is 2.84. The molecule has 0 saturated carbocycles. The van der Waals surface area contributed by atoms with Crippen LogP contribution in [0.2, 0.25) is 0 Å². The minimum atomic E-state index is -0.341. The molecular weight excluding hydrogens is 441 g/mol. The summed E-state index contributed by atoms with van der Waals surface area (Å²) in [5.74, 6) is -0.407. The fraction of sp³-hybridized carbons (Fsp3) is 0.360. The highest BCUT2D eigenvalue weighted by atomic mass is 32.1. The van der Waals surface area contributed by atoms with Crippen molar-refractivity contribution in [3.8, 4) is 11.3 Å². The second-order valence-electron chi connectivity index (χ2n) is 8.56. The Hall–Kier alpha value is -2.65. The fourth-order valence-corrected chi connectivity index (χ4v) is 5.32. The fourth-order valence-electron chi connectivity index (χ4n) is 4.59. The molecule has 3 aromatic rings. The zero-order chi connectivity index (χ0) is 22.7. The number of thiazole rings is 1. The molecule has 33 heavy (non-hydrogen) atoms. The van der Waals surface area contributed by atoms with Crippen molar-refractivity contribution in [1.82, 2.24) is 9.88 Å². The van der Waals surface area contributed by atoms with Gasteiger partial charge in [0.1, 0.15) is 17.5 Å². The molecule has 1 spiro atoms. The Labute approximate surface area is 196 Å². The van der Waals surface area contributed by atoms with Crippen molar-refractivity contribution in [3.05, 3.63) is 71.4 Å². The van der Waals surface area contributed by atoms with Gasteiger partial charge in [0.2, 0.25) is 5.91 Å². The highest BCUT2D eigenvalue weighted by molar-refractivity contribution is 7.14. The number of carbonyl (C=O) groups excluding carboxylic acids is 1. The van der Waals surface area contributed by atoms with Crippen LogP contribution in [0.1, 0.15) is 18.4 Å². The molecule has 2 aromatic carbocycles. The van der Waals surface area contributed by atoms with E-state index in [0.29, 0.717) is 30.5 Å². The minimum absolute atomic E-state index is 0.0713. The van der Waals surface area contributed by atoms with E-state index in [1.165, 1.54) is 23.5 Å². The zero-order valence-corrected chi connectivity index (χ0v) is 19.0. The predicted molar refractivity (Wildman–Crippen MR) is 126 cm³/mol. The van der Waals surface area contributed by atoms with Crippen LogP contribution < -0.4 is 5.32 Å². The van der Waals surface area contributed by atoms with Gasteiger partial charge in [-0.3, -0.25) is 9.69 Å². The molecule has 5 rings (SSSR count). The molecule has 2 aliphatic heterocycles. The van der Waals surface area contributed by atoms with Crippen molar-refractivity contribution in [3.63, 3.8) is 0 Å². The van der Waals surface area contributed by atoms with Crippen LogP contribution in [-0.2, 0) is 20.9 Å². The van der Waals surface area contributed by atoms with Gasteiger partial charge in [-0.1, -0.05) is 30.3 Å². The SMILES string of the molecule is O=C(CN1C[C@H](OCc2ccccc2)[C@]2(CCCO2)C1)Nc1nc(-c2ccc(F)cc2)cs1. The largest absolute Gasteiger partial charge is 0.371 e. The molecule has 0 radical (unpaired) electrons. The van der Waals surface area contributed by atoms with Crippen LogP contribution in [0, 0.1) is 5.82 Å². The van der Waals surface area contributed by atoms with Crippen LogP contribution in [0.25, 0.3) is 11.3 Å². The second-order valence-corrected chi connectivity index (χ2v) is 9.42. The van der Waals surface area contributed by atoms with Gasteiger partial charge >= 0.3 is 0 Å². The van der Waals surface area contributed by atoms with E-state index < -0.39 is 0 Å². The molecule has 1 amide bonds. The molecule has 1 N–H and O–H groups in total. The summed E-state index contributed by atoms with van der Waals surface area (Å²) >= 11 is 1.36. The van der Waals surface area contributed by atoms with Crippen molar-refractivity contribution in [2.24, 2.45) is 0 Å². The lowest BCUT2D eigenvalue weighted by Crippen LogP contribution is -2.42. The van der Waals surface area contributed by atoms with Crippen molar-refractivity contribution >= 4 is 22.4 Å². The van der Waals surface area contributed by atoms with Crippen LogP contribution in [0.4, 0.5) is 9.52 Å². The number of anilines is 1. The summed E-state index contributed by atoms with van der Waals surface area (Å²) in [6, 6.07) is 16.3. The third-order valence-corrected chi connectivity index (χ3v) is 6.95. The second kappa shape index (κ2) is 9.69. The number of nitrogens with one attached hydrogen (secondary N) is 1. The van der Waals surface area contributed by atoms with E-state index in [0.717, 1.165) is 30.6 Å². The van der Waals surface area contributed by atoms with Gasteiger partial charge in [-0.2, -0.15) is 0 Å². The van der Waals surface area contributed by atoms with E-state index in [-0.39, 0.29) is 30.0 Å². The number of likely N-dealkylation sites (tertiary alicyclic amines) is 1. The van der Waals surface area contributed by atoms with Gasteiger partial charge in [-0.15, -0.1) is 11.3 Å². The van der Waals surface area contributed by atoms with Gasteiger partial charge in [-0.25, -0.2) is 9.37 Å². The summed E-state index contributed by atoms with van der Waals surface area (Å²) in [6.07, 6.45) is 1.88. The van der Waals surface area contributed by atoms with Crippen LogP contribution in [0.15, 0.2) is 60.0 Å². The third-order valence-electron chi connectivity index (χ3n) is 6.19. The summed E-state index contributed by atoms with van der Waals surface area (Å²) in [5, 5.41) is 5.28. The van der Waals surface area contributed by atoms with E-state index in [1.54, 1.807) is 12.1 Å². The molecule has 0 aliphatic carbocycles. The lowest BCUT2D eigenvalue weighted by molar-refractivity contribution is -0.117. The molecule has 3 heterocycles. The summed E-state index contributed by atoms with van der Waals surface area (Å²) < 4.78 is 25.6. The molecule has 2 aliphatic rings. The highest BCUT2D eigenvalue weighted by Crippen LogP contribution is 2.37. The Bertz CT molecular complexity index is 1080. The highest BCUT2D eigenvalue weighted by Gasteiger charge is 2.50. The van der Waals surface area contributed by atoms with Crippen molar-refractivity contribution in [2.45, 2.75) is 31.2 Å². The van der Waals surface area contributed by atoms with Crippen LogP contribution >= 0.6 is 11.3 Å². The monoisotopic (exact) mass is 467 g/mol. The summed E-state index contributed by atoms with van der Waals surface area (Å²) in [7, 11) is 0. The zero-order valence-electron chi connectivity index (χ0n) is 18.2. The third kappa shape index (κ3) is 5.14. The van der Waals surface area contributed by atoms with Crippen molar-refractivity contribution in [1.29, 1.82) is 0 Å². The van der Waals surface area contributed by atoms with Gasteiger partial charge in [0.15, 0.2) is 5.13 Å². The van der Waals surface area contributed by atoms with E-state index >= 15 is 0 Å². The van der Waals surface area contributed by atoms with Gasteiger partial charge in [0.05, 0.1) is 18.8 Å². The Morgan fingerprint density at radius 1 is 1.24 bits per heavy atom. The van der Waals surface area contributed by atoms with E-state index in [2.05, 4.69) is 27.3 Å². The van der Waals surface area contributed by atoms with Crippen LogP contribution in [0.5, 0.6) is 0 Å². The first-order chi connectivity index (χ1) is 16.1. The molecule has 2 atom stereocenters. The molecule has 2 fully saturated rings. The van der Waals surface area contributed by atoms with Crippen LogP contribution in [0.3, 0.4) is 0 Å². The molecule has 8 heteroatoms. The lowest BCUT2D eigenvalue weighted by atomic mass is 9.96. The normalized spacial score (nSPS) is 22.8. The number of carbonyl (C=O) groups is 1. The Balaban J connectivity index is 1.18. The number of hydrogen-bond acceptors (Lipinski definition) is 6. The first kappa shape index (κ1) is 22.2. The quantitative estimate of drug-likeness (QED) is 0.560. The molecule has 1 aromatic heterocycles. The lowest BCUT2D eigenvalue weighted by Gasteiger charge is -2.29. The van der Waals surface area contributed by atoms with Gasteiger partial charge in [0.25, 0.3) is 0 Å². The van der Waals surface area contributed by atoms with Crippen molar-refractivity contribution in [2.75, 3.05) is 31.6 Å². The number of nitrogens with zero attached hydrogens (tertiary/aromatic N) is 2. The molecule has 0 unspecified atom stereocenters. The number of benzene rings is 2. The molecular formula is C25H26FN3O3S. The molecule has 6 nitrogen and oxygen atoms in total. The topological polar surface area (TPSA) is 63.7 Å². The maximum absolute atomic E-state index is 13.1. The Morgan fingerprint density at radius 2 is 2.06 bits per heavy atom. The molecule has 172 valence electrons. The average molecular weight is 468 g/mol. The Kier molecular flexibility index (Phi) is 6.50. The van der Waals surface area contributed by atoms with Gasteiger partial charge < -0.3 is 14.8 Å². The number of hydrogen-bond donors (Lipinski definition) is 1. The van der Waals surface area contributed by atoms with E-state index in [4.69, 9.17) is 9.47 Å². The molecule has 2 saturated heterocycles. The standard InChI is InChI=1S/C25H26FN3O3S/c26-20-9-7-19(8-10-20)21-16-33-24(27-21)28-23(30)14-29-13-22(25(17-29)11-4-12-32-25)31-15-18-5-2-1-3-6-18/h1-3,5-10,16,22H,4,11-15,17H2,(H,27,28,30)/t22-,25-/m0/s1. The maximum Gasteiger partial charge on any atom is 0.240 e. The number of aromatic nitrogens is 1. The minimum Gasteiger partial charge on any atom is -0.371 e. The predicted octanol–water partition coefficient (Wildman–Crippen LogP) is 4.34. The number of ether oxygens (including phenoxy) is 2. The maximum atomic E-state index is 13.1. The number of halogens is 1. The van der Waals surface area contributed by atoms with E-state index in [9.17, 15) is 9.18 Å². The Morgan fingerprint density at radius 3 is 2.82 bits per heavy atom. The number of amides is 1. The van der Waals surface area contributed by atoms with Crippen LogP contribution in [-0.4, -0.2) is 53.7 Å². The first-order valence-corrected chi connectivity index (χ1v) is 12.0. The smallest absolute Gasteiger partial charge is 0.240 e. The number of rotatable bonds is 7. The summed E-state index contributed by atoms with van der Waals surface area (Å²) in [5.41, 5.74) is 2.31. The van der Waals surface area contributed by atoms with E-state index in [1.807, 2.05) is 23.6 Å². The summed E-state index contributed by atoms with van der Waals surface area (Å²) in [4.78, 5) is 19.3. The van der Waals surface area contributed by atoms with Gasteiger partial charge in [-0.05, 0) is 42.7 Å².